The highest BCUT2D eigenvalue weighted by Gasteiger charge is 2.22. The molecule has 5 heterocycles. The third-order valence-electron chi connectivity index (χ3n) is 6.96. The summed E-state index contributed by atoms with van der Waals surface area (Å²) in [7, 11) is 4.30. The van der Waals surface area contributed by atoms with Crippen molar-refractivity contribution >= 4 is 33.5 Å². The van der Waals surface area contributed by atoms with Crippen molar-refractivity contribution in [2.75, 3.05) is 32.1 Å². The zero-order valence-electron chi connectivity index (χ0n) is 19.8. The minimum Gasteiger partial charge on any atom is -0.371 e. The van der Waals surface area contributed by atoms with Gasteiger partial charge in [-0.15, -0.1) is 0 Å². The number of nitrogens with one attached hydrogen (secondary N) is 2. The van der Waals surface area contributed by atoms with Gasteiger partial charge >= 0.3 is 0 Å². The molecule has 0 radical (unpaired) electrons. The third kappa shape index (κ3) is 4.06. The Balaban J connectivity index is 1.25. The Morgan fingerprint density at radius 3 is 2.74 bits per heavy atom. The minimum absolute atomic E-state index is 0.158. The summed E-state index contributed by atoms with van der Waals surface area (Å²) in [6, 6.07) is 14.3. The lowest BCUT2D eigenvalue weighted by Gasteiger charge is -2.36. The van der Waals surface area contributed by atoms with Gasteiger partial charge in [0.15, 0.2) is 5.82 Å². The number of hydrogen-bond acceptors (Lipinski definition) is 6. The van der Waals surface area contributed by atoms with Crippen LogP contribution in [0.3, 0.4) is 0 Å². The first-order valence-electron chi connectivity index (χ1n) is 11.9. The van der Waals surface area contributed by atoms with Crippen molar-refractivity contribution in [2.24, 2.45) is 0 Å². The number of fused-ring (bicyclic) bond motifs is 2. The van der Waals surface area contributed by atoms with Crippen LogP contribution in [0.1, 0.15) is 29.0 Å². The van der Waals surface area contributed by atoms with E-state index >= 15 is 0 Å². The number of rotatable bonds is 5. The molecule has 1 fully saturated rings. The number of piperidine rings is 1. The molecule has 0 amide bonds. The number of H-pyrrole nitrogens is 2. The third-order valence-corrected chi connectivity index (χ3v) is 6.96. The maximum Gasteiger partial charge on any atom is 0.228 e. The number of benzene rings is 1. The van der Waals surface area contributed by atoms with Crippen LogP contribution in [0.2, 0.25) is 0 Å². The maximum atomic E-state index is 13.3. The summed E-state index contributed by atoms with van der Waals surface area (Å²) in [4.78, 5) is 37.8. The van der Waals surface area contributed by atoms with E-state index in [2.05, 4.69) is 60.9 Å². The molecule has 0 aliphatic carbocycles. The van der Waals surface area contributed by atoms with Gasteiger partial charge in [-0.05, 0) is 69.4 Å². The molecular formula is C27H27N7O. The predicted octanol–water partition coefficient (Wildman–Crippen LogP) is 4.26. The fourth-order valence-electron chi connectivity index (χ4n) is 4.89. The Kier molecular flexibility index (Phi) is 5.30. The molecule has 0 bridgehead atoms. The summed E-state index contributed by atoms with van der Waals surface area (Å²) >= 11 is 0. The normalized spacial score (nSPS) is 14.9. The van der Waals surface area contributed by atoms with E-state index in [0.717, 1.165) is 59.2 Å². The Morgan fingerprint density at radius 1 is 1.06 bits per heavy atom. The lowest BCUT2D eigenvalue weighted by Crippen LogP contribution is -2.41. The summed E-state index contributed by atoms with van der Waals surface area (Å²) in [6.45, 7) is 2.05. The number of hydrogen-bond donors (Lipinski definition) is 2. The minimum atomic E-state index is -0.158. The van der Waals surface area contributed by atoms with Crippen molar-refractivity contribution in [3.8, 4) is 11.3 Å². The predicted molar refractivity (Wildman–Crippen MR) is 138 cm³/mol. The van der Waals surface area contributed by atoms with Gasteiger partial charge in [-0.1, -0.05) is 0 Å². The fourth-order valence-corrected chi connectivity index (χ4v) is 4.89. The molecule has 5 aromatic rings. The number of nitrogens with zero attached hydrogens (tertiary/aromatic N) is 5. The van der Waals surface area contributed by atoms with Crippen LogP contribution in [0.25, 0.3) is 33.3 Å². The molecule has 0 unspecified atom stereocenters. The second-order valence-corrected chi connectivity index (χ2v) is 9.37. The van der Waals surface area contributed by atoms with Gasteiger partial charge in [-0.25, -0.2) is 9.97 Å². The van der Waals surface area contributed by atoms with Crippen molar-refractivity contribution in [3.05, 3.63) is 72.4 Å². The largest absolute Gasteiger partial charge is 0.371 e. The van der Waals surface area contributed by atoms with Gasteiger partial charge in [0.1, 0.15) is 5.65 Å². The van der Waals surface area contributed by atoms with E-state index in [1.165, 1.54) is 0 Å². The van der Waals surface area contributed by atoms with Crippen molar-refractivity contribution in [1.82, 2.24) is 29.8 Å². The highest BCUT2D eigenvalue weighted by Crippen LogP contribution is 2.26. The average molecular weight is 466 g/mol. The smallest absolute Gasteiger partial charge is 0.228 e. The van der Waals surface area contributed by atoms with Gasteiger partial charge in [0.05, 0.1) is 16.7 Å². The molecule has 1 aromatic carbocycles. The molecule has 8 heteroatoms. The van der Waals surface area contributed by atoms with Crippen molar-refractivity contribution < 1.29 is 4.79 Å². The number of aromatic nitrogens is 5. The summed E-state index contributed by atoms with van der Waals surface area (Å²) in [5, 5.41) is 1.00. The monoisotopic (exact) mass is 465 g/mol. The SMILES string of the molecule is CN(C)C1CCN(c2ccc3nc(C(=O)c4ccnc(-c5cnc6[nH]ccc6c5)c4)[nH]c3c2)CC1. The average Bonchev–Trinajstić information content (AvgIpc) is 3.54. The van der Waals surface area contributed by atoms with Gasteiger partial charge in [0.25, 0.3) is 0 Å². The van der Waals surface area contributed by atoms with E-state index in [4.69, 9.17) is 0 Å². The first kappa shape index (κ1) is 21.5. The topological polar surface area (TPSA) is 93.8 Å². The molecule has 1 saturated heterocycles. The lowest BCUT2D eigenvalue weighted by atomic mass is 10.0. The Hall–Kier alpha value is -4.04. The van der Waals surface area contributed by atoms with Crippen LogP contribution in [-0.4, -0.2) is 68.8 Å². The zero-order chi connectivity index (χ0) is 23.9. The van der Waals surface area contributed by atoms with Crippen molar-refractivity contribution in [3.63, 3.8) is 0 Å². The van der Waals surface area contributed by atoms with Gasteiger partial charge in [-0.2, -0.15) is 0 Å². The zero-order valence-corrected chi connectivity index (χ0v) is 19.8. The highest BCUT2D eigenvalue weighted by atomic mass is 16.1. The molecule has 0 atom stereocenters. The second kappa shape index (κ2) is 8.63. The quantitative estimate of drug-likeness (QED) is 0.377. The van der Waals surface area contributed by atoms with E-state index in [1.54, 1.807) is 24.5 Å². The maximum absolute atomic E-state index is 13.3. The van der Waals surface area contributed by atoms with Gasteiger partial charge in [0, 0.05) is 59.9 Å². The van der Waals surface area contributed by atoms with Crippen molar-refractivity contribution in [1.29, 1.82) is 0 Å². The molecule has 35 heavy (non-hydrogen) atoms. The van der Waals surface area contributed by atoms with Crippen molar-refractivity contribution in [2.45, 2.75) is 18.9 Å². The van der Waals surface area contributed by atoms with E-state index in [1.807, 2.05) is 24.4 Å². The van der Waals surface area contributed by atoms with Gasteiger partial charge < -0.3 is 19.8 Å². The number of ketones is 1. The van der Waals surface area contributed by atoms with E-state index in [9.17, 15) is 4.79 Å². The van der Waals surface area contributed by atoms with Crippen LogP contribution < -0.4 is 4.90 Å². The number of pyridine rings is 2. The summed E-state index contributed by atoms with van der Waals surface area (Å²) in [5.41, 5.74) is 5.74. The number of carbonyl (C=O) groups is 1. The number of imidazole rings is 1. The van der Waals surface area contributed by atoms with Gasteiger partial charge in [-0.3, -0.25) is 9.78 Å². The summed E-state index contributed by atoms with van der Waals surface area (Å²) in [5.74, 6) is 0.175. The molecule has 1 aliphatic rings. The fraction of sp³-hybridized carbons (Fsp3) is 0.259. The van der Waals surface area contributed by atoms with Crippen LogP contribution >= 0.6 is 0 Å². The second-order valence-electron chi connectivity index (χ2n) is 9.37. The van der Waals surface area contributed by atoms with Crippen LogP contribution in [0.15, 0.2) is 61.1 Å². The Morgan fingerprint density at radius 2 is 1.91 bits per heavy atom. The molecule has 0 saturated carbocycles. The number of aromatic amines is 2. The Bertz CT molecular complexity index is 1530. The Labute approximate surface area is 203 Å². The lowest BCUT2D eigenvalue weighted by molar-refractivity contribution is 0.103. The molecule has 6 rings (SSSR count). The molecule has 4 aromatic heterocycles. The molecule has 176 valence electrons. The van der Waals surface area contributed by atoms with E-state index in [-0.39, 0.29) is 5.78 Å². The van der Waals surface area contributed by atoms with Crippen LogP contribution in [-0.2, 0) is 0 Å². The first-order chi connectivity index (χ1) is 17.0. The standard InChI is InChI=1S/C27H27N7O/c1-33(2)20-7-11-34(12-8-20)21-3-4-22-24(15-21)32-27(31-22)25(35)17-5-9-28-23(14-17)19-13-18-6-10-29-26(18)30-16-19/h3-6,9-10,13-16,20H,7-8,11-12H2,1-2H3,(H,29,30)(H,31,32). The molecule has 8 nitrogen and oxygen atoms in total. The van der Waals surface area contributed by atoms with Crippen LogP contribution in [0.5, 0.6) is 0 Å². The van der Waals surface area contributed by atoms with E-state index < -0.39 is 0 Å². The number of carbonyl (C=O) groups excluding carboxylic acids is 1. The first-order valence-corrected chi connectivity index (χ1v) is 11.9. The molecule has 1 aliphatic heterocycles. The van der Waals surface area contributed by atoms with Crippen LogP contribution in [0.4, 0.5) is 5.69 Å². The molecule has 0 spiro atoms. The molecular weight excluding hydrogens is 438 g/mol. The van der Waals surface area contributed by atoms with E-state index in [0.29, 0.717) is 23.1 Å². The van der Waals surface area contributed by atoms with Crippen LogP contribution in [0, 0.1) is 0 Å². The number of anilines is 1. The summed E-state index contributed by atoms with van der Waals surface area (Å²) < 4.78 is 0. The molecule has 2 N–H and O–H groups in total. The highest BCUT2D eigenvalue weighted by molar-refractivity contribution is 6.08. The van der Waals surface area contributed by atoms with Gasteiger partial charge in [0.2, 0.25) is 5.78 Å². The summed E-state index contributed by atoms with van der Waals surface area (Å²) in [6.07, 6.45) is 7.57.